The van der Waals surface area contributed by atoms with E-state index in [-0.39, 0.29) is 4.90 Å². The molecule has 0 unspecified atom stereocenters. The van der Waals surface area contributed by atoms with Crippen LogP contribution in [0.4, 0.5) is 11.4 Å². The number of hydrogen-bond donors (Lipinski definition) is 2. The van der Waals surface area contributed by atoms with Crippen molar-refractivity contribution in [1.82, 2.24) is 0 Å². The SMILES string of the molecule is Cc1ccc(S(=O)(=O)CC(=O)Nc2ccccc2N)cc1. The van der Waals surface area contributed by atoms with E-state index in [1.807, 2.05) is 6.92 Å². The van der Waals surface area contributed by atoms with Gasteiger partial charge in [-0.3, -0.25) is 4.79 Å². The van der Waals surface area contributed by atoms with Gasteiger partial charge in [0.25, 0.3) is 0 Å². The zero-order valence-corrected chi connectivity index (χ0v) is 12.4. The molecular formula is C15H16N2O3S. The van der Waals surface area contributed by atoms with Crippen LogP contribution in [0.15, 0.2) is 53.4 Å². The normalized spacial score (nSPS) is 11.1. The van der Waals surface area contributed by atoms with E-state index in [0.29, 0.717) is 11.4 Å². The lowest BCUT2D eigenvalue weighted by atomic mass is 10.2. The van der Waals surface area contributed by atoms with Crippen LogP contribution in [0.3, 0.4) is 0 Å². The van der Waals surface area contributed by atoms with Crippen molar-refractivity contribution in [2.45, 2.75) is 11.8 Å². The number of amides is 1. The van der Waals surface area contributed by atoms with Crippen LogP contribution in [0.2, 0.25) is 0 Å². The van der Waals surface area contributed by atoms with Crippen molar-refractivity contribution in [3.05, 3.63) is 54.1 Å². The molecule has 0 fully saturated rings. The van der Waals surface area contributed by atoms with Gasteiger partial charge >= 0.3 is 0 Å². The van der Waals surface area contributed by atoms with Gasteiger partial charge in [-0.05, 0) is 31.2 Å². The molecule has 0 saturated carbocycles. The van der Waals surface area contributed by atoms with Crippen LogP contribution in [0.1, 0.15) is 5.56 Å². The standard InChI is InChI=1S/C15H16N2O3S/c1-11-6-8-12(9-7-11)21(19,20)10-15(18)17-14-5-3-2-4-13(14)16/h2-9H,10,16H2,1H3,(H,17,18). The molecule has 0 aromatic heterocycles. The van der Waals surface area contributed by atoms with Crippen molar-refractivity contribution in [3.8, 4) is 0 Å². The molecule has 0 atom stereocenters. The third-order valence-electron chi connectivity index (χ3n) is 2.94. The number of hydrogen-bond acceptors (Lipinski definition) is 4. The molecule has 0 bridgehead atoms. The highest BCUT2D eigenvalue weighted by Crippen LogP contribution is 2.17. The van der Waals surface area contributed by atoms with Gasteiger partial charge in [0, 0.05) is 0 Å². The number of benzene rings is 2. The van der Waals surface area contributed by atoms with Crippen LogP contribution in [0, 0.1) is 6.92 Å². The Hall–Kier alpha value is -2.34. The molecule has 5 nitrogen and oxygen atoms in total. The zero-order chi connectivity index (χ0) is 15.5. The van der Waals surface area contributed by atoms with Gasteiger partial charge in [0.1, 0.15) is 5.75 Å². The summed E-state index contributed by atoms with van der Waals surface area (Å²) in [6.45, 7) is 1.86. The first kappa shape index (κ1) is 15.1. The molecule has 0 aliphatic heterocycles. The Balaban J connectivity index is 2.12. The van der Waals surface area contributed by atoms with Crippen LogP contribution >= 0.6 is 0 Å². The van der Waals surface area contributed by atoms with E-state index >= 15 is 0 Å². The second-order valence-electron chi connectivity index (χ2n) is 4.71. The molecule has 0 aliphatic rings. The van der Waals surface area contributed by atoms with Crippen LogP contribution < -0.4 is 11.1 Å². The summed E-state index contributed by atoms with van der Waals surface area (Å²) in [5.74, 6) is -1.24. The molecule has 0 heterocycles. The first-order chi connectivity index (χ1) is 9.88. The molecule has 6 heteroatoms. The van der Waals surface area contributed by atoms with Crippen LogP contribution in [-0.4, -0.2) is 20.1 Å². The van der Waals surface area contributed by atoms with Gasteiger partial charge in [-0.1, -0.05) is 29.8 Å². The average Bonchev–Trinajstić information content (AvgIpc) is 2.41. The fraction of sp³-hybridized carbons (Fsp3) is 0.133. The number of sulfone groups is 1. The molecule has 0 radical (unpaired) electrons. The van der Waals surface area contributed by atoms with Crippen LogP contribution in [0.25, 0.3) is 0 Å². The average molecular weight is 304 g/mol. The number of rotatable bonds is 4. The smallest absolute Gasteiger partial charge is 0.240 e. The third-order valence-corrected chi connectivity index (χ3v) is 4.57. The maximum Gasteiger partial charge on any atom is 0.240 e. The molecule has 21 heavy (non-hydrogen) atoms. The number of nitrogen functional groups attached to an aromatic ring is 1. The second kappa shape index (κ2) is 5.97. The molecule has 0 aliphatic carbocycles. The van der Waals surface area contributed by atoms with Crippen LogP contribution in [-0.2, 0) is 14.6 Å². The maximum atomic E-state index is 12.1. The Morgan fingerprint density at radius 1 is 1.10 bits per heavy atom. The highest BCUT2D eigenvalue weighted by atomic mass is 32.2. The molecule has 110 valence electrons. The number of nitrogens with one attached hydrogen (secondary N) is 1. The van der Waals surface area contributed by atoms with Crippen molar-refractivity contribution in [1.29, 1.82) is 0 Å². The van der Waals surface area contributed by atoms with E-state index in [0.717, 1.165) is 5.56 Å². The lowest BCUT2D eigenvalue weighted by Gasteiger charge is -2.08. The fourth-order valence-electron chi connectivity index (χ4n) is 1.80. The van der Waals surface area contributed by atoms with Gasteiger partial charge in [-0.15, -0.1) is 0 Å². The number of carbonyl (C=O) groups is 1. The molecule has 0 saturated heterocycles. The molecule has 2 aromatic rings. The molecule has 2 rings (SSSR count). The number of carbonyl (C=O) groups excluding carboxylic acids is 1. The topological polar surface area (TPSA) is 89.3 Å². The molecule has 1 amide bonds. The summed E-state index contributed by atoms with van der Waals surface area (Å²) >= 11 is 0. The van der Waals surface area contributed by atoms with Crippen molar-refractivity contribution in [3.63, 3.8) is 0 Å². The Kier molecular flexibility index (Phi) is 4.28. The van der Waals surface area contributed by atoms with E-state index in [4.69, 9.17) is 5.73 Å². The number of nitrogens with two attached hydrogens (primary N) is 1. The van der Waals surface area contributed by atoms with Crippen molar-refractivity contribution in [2.24, 2.45) is 0 Å². The summed E-state index contributed by atoms with van der Waals surface area (Å²) in [7, 11) is -3.66. The van der Waals surface area contributed by atoms with Crippen molar-refractivity contribution < 1.29 is 13.2 Å². The minimum atomic E-state index is -3.66. The lowest BCUT2D eigenvalue weighted by molar-refractivity contribution is -0.113. The van der Waals surface area contributed by atoms with E-state index in [1.165, 1.54) is 12.1 Å². The monoisotopic (exact) mass is 304 g/mol. The fourth-order valence-corrected chi connectivity index (χ4v) is 2.93. The van der Waals surface area contributed by atoms with Crippen molar-refractivity contribution >= 4 is 27.1 Å². The predicted octanol–water partition coefficient (Wildman–Crippen LogP) is 1.99. The Morgan fingerprint density at radius 2 is 1.71 bits per heavy atom. The minimum absolute atomic E-state index is 0.129. The summed E-state index contributed by atoms with van der Waals surface area (Å²) in [6, 6.07) is 13.1. The van der Waals surface area contributed by atoms with Gasteiger partial charge in [-0.2, -0.15) is 0 Å². The summed E-state index contributed by atoms with van der Waals surface area (Å²) in [4.78, 5) is 12.0. The summed E-state index contributed by atoms with van der Waals surface area (Å²) in [6.07, 6.45) is 0. The second-order valence-corrected chi connectivity index (χ2v) is 6.70. The summed E-state index contributed by atoms with van der Waals surface area (Å²) in [5.41, 5.74) is 7.44. The zero-order valence-electron chi connectivity index (χ0n) is 11.5. The van der Waals surface area contributed by atoms with E-state index in [1.54, 1.807) is 36.4 Å². The van der Waals surface area contributed by atoms with Crippen molar-refractivity contribution in [2.75, 3.05) is 16.8 Å². The molecule has 0 spiro atoms. The first-order valence-electron chi connectivity index (χ1n) is 6.32. The lowest BCUT2D eigenvalue weighted by Crippen LogP contribution is -2.23. The minimum Gasteiger partial charge on any atom is -0.397 e. The van der Waals surface area contributed by atoms with E-state index < -0.39 is 21.5 Å². The highest BCUT2D eigenvalue weighted by molar-refractivity contribution is 7.92. The van der Waals surface area contributed by atoms with Gasteiger partial charge in [0.15, 0.2) is 9.84 Å². The quantitative estimate of drug-likeness (QED) is 0.845. The van der Waals surface area contributed by atoms with Gasteiger partial charge in [0.05, 0.1) is 16.3 Å². The summed E-state index contributed by atoms with van der Waals surface area (Å²) in [5, 5.41) is 2.50. The van der Waals surface area contributed by atoms with Gasteiger partial charge in [-0.25, -0.2) is 8.42 Å². The van der Waals surface area contributed by atoms with E-state index in [9.17, 15) is 13.2 Å². The van der Waals surface area contributed by atoms with Gasteiger partial charge in [0.2, 0.25) is 5.91 Å². The van der Waals surface area contributed by atoms with Crippen LogP contribution in [0.5, 0.6) is 0 Å². The molecular weight excluding hydrogens is 288 g/mol. The maximum absolute atomic E-state index is 12.1. The molecule has 2 aromatic carbocycles. The first-order valence-corrected chi connectivity index (χ1v) is 7.97. The van der Waals surface area contributed by atoms with Gasteiger partial charge < -0.3 is 11.1 Å². The number of anilines is 2. The Labute approximate surface area is 123 Å². The highest BCUT2D eigenvalue weighted by Gasteiger charge is 2.19. The number of para-hydroxylation sites is 2. The third kappa shape index (κ3) is 3.82. The Morgan fingerprint density at radius 3 is 2.33 bits per heavy atom. The number of aryl methyl sites for hydroxylation is 1. The summed E-state index contributed by atoms with van der Waals surface area (Å²) < 4.78 is 24.3. The Bertz CT molecular complexity index is 753. The largest absolute Gasteiger partial charge is 0.397 e. The predicted molar refractivity (Wildman–Crippen MR) is 82.7 cm³/mol. The van der Waals surface area contributed by atoms with E-state index in [2.05, 4.69) is 5.32 Å². The molecule has 3 N–H and O–H groups in total.